The second-order valence-corrected chi connectivity index (χ2v) is 5.53. The first kappa shape index (κ1) is 14.4. The summed E-state index contributed by atoms with van der Waals surface area (Å²) in [6, 6.07) is 7.39. The van der Waals surface area contributed by atoms with E-state index in [2.05, 4.69) is 0 Å². The molecule has 0 radical (unpaired) electrons. The van der Waals surface area contributed by atoms with Gasteiger partial charge in [0.15, 0.2) is 5.79 Å². The Morgan fingerprint density at radius 1 is 1.37 bits per heavy atom. The second kappa shape index (κ2) is 5.56. The highest BCUT2D eigenvalue weighted by Gasteiger charge is 2.43. The second-order valence-electron chi connectivity index (χ2n) is 4.77. The van der Waals surface area contributed by atoms with Gasteiger partial charge in [-0.1, -0.05) is 18.2 Å². The lowest BCUT2D eigenvalue weighted by molar-refractivity contribution is -0.148. The van der Waals surface area contributed by atoms with Crippen LogP contribution in [0, 0.1) is 0 Å². The third-order valence-corrected chi connectivity index (χ3v) is 3.20. The molecule has 6 nitrogen and oxygen atoms in total. The first-order chi connectivity index (χ1) is 8.89. The average molecular weight is 286 g/mol. The van der Waals surface area contributed by atoms with Crippen molar-refractivity contribution in [2.24, 2.45) is 5.14 Å². The Hall–Kier alpha value is -0.990. The number of hydrogen-bond acceptors (Lipinski definition) is 5. The van der Waals surface area contributed by atoms with Gasteiger partial charge in [0.25, 0.3) is 0 Å². The number of hydrogen-bond donors (Lipinski definition) is 2. The minimum atomic E-state index is -1.83. The molecule has 3 atom stereocenters. The summed E-state index contributed by atoms with van der Waals surface area (Å²) < 4.78 is 27.3. The van der Waals surface area contributed by atoms with Crippen LogP contribution in [-0.2, 0) is 24.9 Å². The van der Waals surface area contributed by atoms with Crippen LogP contribution in [0.5, 0.6) is 0 Å². The molecule has 7 heteroatoms. The van der Waals surface area contributed by atoms with Crippen molar-refractivity contribution in [2.45, 2.75) is 31.8 Å². The van der Waals surface area contributed by atoms with E-state index in [9.17, 15) is 4.21 Å². The Bertz CT molecular complexity index is 481. The van der Waals surface area contributed by atoms with Gasteiger partial charge in [-0.3, -0.25) is 4.18 Å². The SMILES string of the molecule is CC1(C)O[C@@H](COS(N)=O)[C@H](c2ccccc2N)O1. The summed E-state index contributed by atoms with van der Waals surface area (Å²) in [5.74, 6) is -0.753. The van der Waals surface area contributed by atoms with E-state index in [1.165, 1.54) is 0 Å². The molecule has 106 valence electrons. The fourth-order valence-electron chi connectivity index (χ4n) is 2.13. The van der Waals surface area contributed by atoms with Gasteiger partial charge >= 0.3 is 0 Å². The van der Waals surface area contributed by atoms with Gasteiger partial charge in [-0.25, -0.2) is 9.35 Å². The number of nitrogens with two attached hydrogens (primary N) is 2. The summed E-state index contributed by atoms with van der Waals surface area (Å²) in [5, 5.41) is 5.08. The van der Waals surface area contributed by atoms with E-state index in [0.717, 1.165) is 5.56 Å². The minimum absolute atomic E-state index is 0.0749. The molecule has 0 bridgehead atoms. The number of nitrogen functional groups attached to an aromatic ring is 1. The molecule has 1 fully saturated rings. The summed E-state index contributed by atoms with van der Waals surface area (Å²) in [6.07, 6.45) is -0.785. The number of ether oxygens (including phenoxy) is 2. The molecular weight excluding hydrogens is 268 g/mol. The normalized spacial score (nSPS) is 27.3. The van der Waals surface area contributed by atoms with Crippen LogP contribution in [0.3, 0.4) is 0 Å². The van der Waals surface area contributed by atoms with Crippen LogP contribution in [0.4, 0.5) is 5.69 Å². The molecule has 1 aromatic carbocycles. The smallest absolute Gasteiger partial charge is 0.231 e. The number of benzene rings is 1. The zero-order valence-electron chi connectivity index (χ0n) is 10.9. The van der Waals surface area contributed by atoms with Crippen LogP contribution in [-0.4, -0.2) is 22.7 Å². The maximum absolute atomic E-state index is 10.8. The molecule has 19 heavy (non-hydrogen) atoms. The van der Waals surface area contributed by atoms with E-state index in [4.69, 9.17) is 24.5 Å². The van der Waals surface area contributed by atoms with Gasteiger partial charge in [0.2, 0.25) is 11.3 Å². The molecular formula is C12H18N2O4S. The van der Waals surface area contributed by atoms with E-state index in [1.54, 1.807) is 19.9 Å². The minimum Gasteiger partial charge on any atom is -0.398 e. The molecule has 4 N–H and O–H groups in total. The van der Waals surface area contributed by atoms with Crippen LogP contribution in [0.1, 0.15) is 25.5 Å². The van der Waals surface area contributed by atoms with Crippen LogP contribution < -0.4 is 10.9 Å². The lowest BCUT2D eigenvalue weighted by Gasteiger charge is -2.18. The highest BCUT2D eigenvalue weighted by Crippen LogP contribution is 2.40. The molecule has 2 rings (SSSR count). The molecule has 0 amide bonds. The Kier molecular flexibility index (Phi) is 4.22. The molecule has 1 aliphatic heterocycles. The zero-order chi connectivity index (χ0) is 14.0. The lowest BCUT2D eigenvalue weighted by Crippen LogP contribution is -2.26. The van der Waals surface area contributed by atoms with Gasteiger partial charge < -0.3 is 15.2 Å². The van der Waals surface area contributed by atoms with Crippen molar-refractivity contribution in [1.29, 1.82) is 0 Å². The Balaban J connectivity index is 2.21. The maximum atomic E-state index is 10.8. The Labute approximate surface area is 114 Å². The van der Waals surface area contributed by atoms with Crippen LogP contribution in [0.15, 0.2) is 24.3 Å². The molecule has 0 spiro atoms. The van der Waals surface area contributed by atoms with Crippen molar-refractivity contribution in [3.05, 3.63) is 29.8 Å². The zero-order valence-corrected chi connectivity index (χ0v) is 11.7. The van der Waals surface area contributed by atoms with Gasteiger partial charge in [0.05, 0.1) is 6.61 Å². The van der Waals surface area contributed by atoms with E-state index >= 15 is 0 Å². The standard InChI is InChI=1S/C12H18N2O4S/c1-12(2)17-10(7-16-19(14)15)11(18-12)8-5-3-4-6-9(8)13/h3-6,10-11H,7,13-14H2,1-2H3/t10-,11-,19?/m0/s1. The van der Waals surface area contributed by atoms with E-state index in [-0.39, 0.29) is 12.7 Å². The fraction of sp³-hybridized carbons (Fsp3) is 0.500. The molecule has 0 saturated carbocycles. The van der Waals surface area contributed by atoms with Gasteiger partial charge in [-0.2, -0.15) is 0 Å². The molecule has 1 saturated heterocycles. The van der Waals surface area contributed by atoms with Crippen molar-refractivity contribution in [3.63, 3.8) is 0 Å². The predicted molar refractivity (Wildman–Crippen MR) is 71.9 cm³/mol. The van der Waals surface area contributed by atoms with Gasteiger partial charge in [-0.15, -0.1) is 0 Å². The fourth-order valence-corrected chi connectivity index (χ4v) is 2.39. The Morgan fingerprint density at radius 3 is 2.68 bits per heavy atom. The maximum Gasteiger partial charge on any atom is 0.231 e. The van der Waals surface area contributed by atoms with Gasteiger partial charge in [0, 0.05) is 11.3 Å². The number of anilines is 1. The highest BCUT2D eigenvalue weighted by atomic mass is 32.2. The van der Waals surface area contributed by atoms with Gasteiger partial charge in [-0.05, 0) is 19.9 Å². The largest absolute Gasteiger partial charge is 0.398 e. The third-order valence-electron chi connectivity index (χ3n) is 2.83. The summed E-state index contributed by atoms with van der Waals surface area (Å²) in [6.45, 7) is 3.68. The summed E-state index contributed by atoms with van der Waals surface area (Å²) >= 11 is -1.83. The van der Waals surface area contributed by atoms with Gasteiger partial charge in [0.1, 0.15) is 12.2 Å². The van der Waals surface area contributed by atoms with Crippen LogP contribution >= 0.6 is 0 Å². The molecule has 1 aromatic rings. The number of rotatable bonds is 4. The molecule has 1 aliphatic rings. The quantitative estimate of drug-likeness (QED) is 0.805. The van der Waals surface area contributed by atoms with E-state index in [1.807, 2.05) is 18.2 Å². The molecule has 0 aliphatic carbocycles. The predicted octanol–water partition coefficient (Wildman–Crippen LogP) is 1.02. The number of para-hydroxylation sites is 1. The molecule has 1 heterocycles. The highest BCUT2D eigenvalue weighted by molar-refractivity contribution is 7.77. The van der Waals surface area contributed by atoms with E-state index < -0.39 is 23.2 Å². The van der Waals surface area contributed by atoms with Crippen molar-refractivity contribution >= 4 is 17.0 Å². The van der Waals surface area contributed by atoms with E-state index in [0.29, 0.717) is 5.69 Å². The first-order valence-corrected chi connectivity index (χ1v) is 7.02. The average Bonchev–Trinajstić information content (AvgIpc) is 2.62. The van der Waals surface area contributed by atoms with Crippen molar-refractivity contribution in [2.75, 3.05) is 12.3 Å². The van der Waals surface area contributed by atoms with Crippen molar-refractivity contribution < 1.29 is 17.9 Å². The monoisotopic (exact) mass is 286 g/mol. The van der Waals surface area contributed by atoms with Crippen LogP contribution in [0.2, 0.25) is 0 Å². The summed E-state index contributed by atoms with van der Waals surface area (Å²) in [7, 11) is 0. The first-order valence-electron chi connectivity index (χ1n) is 5.88. The topological polar surface area (TPSA) is 96.8 Å². The third kappa shape index (κ3) is 3.52. The molecule has 1 unspecified atom stereocenters. The molecule has 0 aromatic heterocycles. The lowest BCUT2D eigenvalue weighted by atomic mass is 10.0. The summed E-state index contributed by atoms with van der Waals surface area (Å²) in [4.78, 5) is 0. The summed E-state index contributed by atoms with van der Waals surface area (Å²) in [5.41, 5.74) is 7.39. The van der Waals surface area contributed by atoms with Crippen molar-refractivity contribution in [1.82, 2.24) is 0 Å². The van der Waals surface area contributed by atoms with Crippen molar-refractivity contribution in [3.8, 4) is 0 Å². The Morgan fingerprint density at radius 2 is 2.05 bits per heavy atom. The van der Waals surface area contributed by atoms with Crippen LogP contribution in [0.25, 0.3) is 0 Å².